The molecule has 0 unspecified atom stereocenters. The maximum atomic E-state index is 13.2. The second-order valence-electron chi connectivity index (χ2n) is 7.78. The highest BCUT2D eigenvalue weighted by molar-refractivity contribution is 6.30. The molecule has 0 aliphatic carbocycles. The van der Waals surface area contributed by atoms with Gasteiger partial charge in [-0.2, -0.15) is 5.26 Å². The van der Waals surface area contributed by atoms with Crippen molar-refractivity contribution in [2.45, 2.75) is 6.54 Å². The first-order valence-electron chi connectivity index (χ1n) is 10.5. The SMILES string of the molecule is N#Cc1c(-c2ccc(Cl)cc2)c(-c2c(O)c3ccccc3oc2=O)n(Cc2ccccc2)c1N. The molecule has 0 atom stereocenters. The second kappa shape index (κ2) is 8.47. The number of para-hydroxylation sites is 1. The number of nitrogen functional groups attached to an aromatic ring is 1. The van der Waals surface area contributed by atoms with Gasteiger partial charge in [-0.15, -0.1) is 0 Å². The lowest BCUT2D eigenvalue weighted by molar-refractivity contribution is 0.470. The van der Waals surface area contributed by atoms with Gasteiger partial charge in [-0.1, -0.05) is 66.2 Å². The number of anilines is 1. The topological polar surface area (TPSA) is 105 Å². The van der Waals surface area contributed by atoms with Gasteiger partial charge in [-0.3, -0.25) is 0 Å². The molecule has 0 bridgehead atoms. The summed E-state index contributed by atoms with van der Waals surface area (Å²) in [5.41, 5.74) is 8.40. The standard InChI is InChI=1S/C27H18ClN3O3/c28-18-12-10-17(11-13-18)22-20(14-29)26(30)31(15-16-6-2-1-3-7-16)24(22)23-25(32)19-8-4-5-9-21(19)34-27(23)33/h1-13,32H,15,30H2. The lowest BCUT2D eigenvalue weighted by atomic mass is 9.97. The minimum absolute atomic E-state index is 0.0622. The Morgan fingerprint density at radius 1 is 0.971 bits per heavy atom. The molecule has 2 aromatic heterocycles. The van der Waals surface area contributed by atoms with E-state index in [1.54, 1.807) is 53.1 Å². The Morgan fingerprint density at radius 2 is 1.65 bits per heavy atom. The van der Waals surface area contributed by atoms with Crippen LogP contribution >= 0.6 is 11.6 Å². The molecule has 0 fully saturated rings. The summed E-state index contributed by atoms with van der Waals surface area (Å²) in [4.78, 5) is 13.2. The van der Waals surface area contributed by atoms with Crippen LogP contribution in [0.1, 0.15) is 11.1 Å². The number of hydrogen-bond acceptors (Lipinski definition) is 5. The number of fused-ring (bicyclic) bond motifs is 1. The van der Waals surface area contributed by atoms with Crippen molar-refractivity contribution in [3.8, 4) is 34.2 Å². The predicted octanol–water partition coefficient (Wildman–Crippen LogP) is 5.79. The van der Waals surface area contributed by atoms with Crippen molar-refractivity contribution < 1.29 is 9.52 Å². The van der Waals surface area contributed by atoms with Crippen molar-refractivity contribution in [2.75, 3.05) is 5.73 Å². The fraction of sp³-hybridized carbons (Fsp3) is 0.0370. The van der Waals surface area contributed by atoms with Crippen LogP contribution in [0.25, 0.3) is 33.4 Å². The lowest BCUT2D eigenvalue weighted by Crippen LogP contribution is -2.11. The van der Waals surface area contributed by atoms with Gasteiger partial charge >= 0.3 is 5.63 Å². The fourth-order valence-electron chi connectivity index (χ4n) is 4.18. The first kappa shape index (κ1) is 21.4. The van der Waals surface area contributed by atoms with Gasteiger partial charge in [0.05, 0.1) is 11.1 Å². The molecule has 6 nitrogen and oxygen atoms in total. The van der Waals surface area contributed by atoms with Crippen LogP contribution in [-0.2, 0) is 6.54 Å². The van der Waals surface area contributed by atoms with E-state index in [2.05, 4.69) is 6.07 Å². The largest absolute Gasteiger partial charge is 0.506 e. The van der Waals surface area contributed by atoms with Crippen molar-refractivity contribution in [1.82, 2.24) is 4.57 Å². The number of hydrogen-bond donors (Lipinski definition) is 2. The predicted molar refractivity (Wildman–Crippen MR) is 133 cm³/mol. The van der Waals surface area contributed by atoms with Gasteiger partial charge in [0.25, 0.3) is 0 Å². The molecule has 2 heterocycles. The summed E-state index contributed by atoms with van der Waals surface area (Å²) in [6, 6.07) is 25.3. The normalized spacial score (nSPS) is 10.9. The Labute approximate surface area is 199 Å². The summed E-state index contributed by atoms with van der Waals surface area (Å²) < 4.78 is 7.22. The third-order valence-electron chi connectivity index (χ3n) is 5.75. The van der Waals surface area contributed by atoms with Gasteiger partial charge in [-0.05, 0) is 35.4 Å². The van der Waals surface area contributed by atoms with E-state index >= 15 is 0 Å². The average Bonchev–Trinajstić information content (AvgIpc) is 3.11. The van der Waals surface area contributed by atoms with Crippen LogP contribution in [0, 0.1) is 11.3 Å². The number of nitrogens with two attached hydrogens (primary N) is 1. The Bertz CT molecular complexity index is 1630. The number of benzene rings is 3. The molecule has 5 rings (SSSR count). The maximum Gasteiger partial charge on any atom is 0.349 e. The highest BCUT2D eigenvalue weighted by atomic mass is 35.5. The molecule has 0 spiro atoms. The molecule has 0 saturated carbocycles. The first-order chi connectivity index (χ1) is 16.5. The maximum absolute atomic E-state index is 13.2. The molecule has 5 aromatic rings. The number of nitrogens with zero attached hydrogens (tertiary/aromatic N) is 2. The van der Waals surface area contributed by atoms with Crippen molar-refractivity contribution in [2.24, 2.45) is 0 Å². The summed E-state index contributed by atoms with van der Waals surface area (Å²) in [6.45, 7) is 0.274. The van der Waals surface area contributed by atoms with E-state index in [1.165, 1.54) is 0 Å². The molecule has 3 aromatic carbocycles. The Kier molecular flexibility index (Phi) is 5.33. The number of aromatic hydroxyl groups is 1. The van der Waals surface area contributed by atoms with Gasteiger partial charge < -0.3 is 19.8 Å². The molecule has 0 aliphatic heterocycles. The van der Waals surface area contributed by atoms with Gasteiger partial charge in [0.2, 0.25) is 0 Å². The monoisotopic (exact) mass is 467 g/mol. The van der Waals surface area contributed by atoms with E-state index < -0.39 is 5.63 Å². The summed E-state index contributed by atoms with van der Waals surface area (Å²) in [5, 5.41) is 22.2. The second-order valence-corrected chi connectivity index (χ2v) is 8.22. The molecule has 7 heteroatoms. The minimum Gasteiger partial charge on any atom is -0.506 e. The summed E-state index contributed by atoms with van der Waals surface area (Å²) in [5.74, 6) is -0.0587. The van der Waals surface area contributed by atoms with Crippen LogP contribution in [-0.4, -0.2) is 9.67 Å². The number of rotatable bonds is 4. The Morgan fingerprint density at radius 3 is 2.35 bits per heavy atom. The molecule has 34 heavy (non-hydrogen) atoms. The van der Waals surface area contributed by atoms with Crippen LogP contribution in [0.4, 0.5) is 5.82 Å². The zero-order valence-corrected chi connectivity index (χ0v) is 18.6. The average molecular weight is 468 g/mol. The zero-order chi connectivity index (χ0) is 23.8. The molecular formula is C27H18ClN3O3. The van der Waals surface area contributed by atoms with Crippen molar-refractivity contribution >= 4 is 28.4 Å². The molecular weight excluding hydrogens is 450 g/mol. The molecule has 3 N–H and O–H groups in total. The van der Waals surface area contributed by atoms with Crippen molar-refractivity contribution in [3.63, 3.8) is 0 Å². The first-order valence-corrected chi connectivity index (χ1v) is 10.8. The van der Waals surface area contributed by atoms with Crippen LogP contribution in [0.5, 0.6) is 5.75 Å². The van der Waals surface area contributed by atoms with Crippen molar-refractivity contribution in [3.05, 3.63) is 105 Å². The van der Waals surface area contributed by atoms with Gasteiger partial charge in [0.1, 0.15) is 34.3 Å². The van der Waals surface area contributed by atoms with Gasteiger partial charge in [-0.25, -0.2) is 4.79 Å². The Balaban J connectivity index is 1.91. The highest BCUT2D eigenvalue weighted by Crippen LogP contribution is 2.44. The van der Waals surface area contributed by atoms with E-state index in [0.29, 0.717) is 27.2 Å². The van der Waals surface area contributed by atoms with Crippen LogP contribution in [0.15, 0.2) is 88.1 Å². The van der Waals surface area contributed by atoms with Crippen LogP contribution in [0.3, 0.4) is 0 Å². The van der Waals surface area contributed by atoms with Crippen LogP contribution < -0.4 is 11.4 Å². The molecule has 0 radical (unpaired) electrons. The van der Waals surface area contributed by atoms with E-state index in [1.807, 2.05) is 30.3 Å². The molecule has 166 valence electrons. The summed E-state index contributed by atoms with van der Waals surface area (Å²) in [6.07, 6.45) is 0. The fourth-order valence-corrected chi connectivity index (χ4v) is 4.31. The summed E-state index contributed by atoms with van der Waals surface area (Å²) in [7, 11) is 0. The van der Waals surface area contributed by atoms with Gasteiger partial charge in [0, 0.05) is 17.1 Å². The quantitative estimate of drug-likeness (QED) is 0.325. The Hall–Kier alpha value is -4.47. The third kappa shape index (κ3) is 3.49. The van der Waals surface area contributed by atoms with Crippen LogP contribution in [0.2, 0.25) is 5.02 Å². The third-order valence-corrected chi connectivity index (χ3v) is 6.01. The van der Waals surface area contributed by atoms with Crippen molar-refractivity contribution in [1.29, 1.82) is 5.26 Å². The number of aromatic nitrogens is 1. The number of halogens is 1. The summed E-state index contributed by atoms with van der Waals surface area (Å²) >= 11 is 6.09. The van der Waals surface area contributed by atoms with E-state index in [-0.39, 0.29) is 34.8 Å². The van der Waals surface area contributed by atoms with Gasteiger partial charge in [0.15, 0.2) is 0 Å². The van der Waals surface area contributed by atoms with E-state index in [9.17, 15) is 15.2 Å². The van der Waals surface area contributed by atoms with E-state index in [4.69, 9.17) is 21.8 Å². The zero-order valence-electron chi connectivity index (χ0n) is 17.8. The van der Waals surface area contributed by atoms with E-state index in [0.717, 1.165) is 5.56 Å². The lowest BCUT2D eigenvalue weighted by Gasteiger charge is -2.14. The molecule has 0 saturated heterocycles. The minimum atomic E-state index is -0.734. The highest BCUT2D eigenvalue weighted by Gasteiger charge is 2.29. The smallest absolute Gasteiger partial charge is 0.349 e. The molecule has 0 amide bonds. The number of nitriles is 1. The molecule has 0 aliphatic rings.